The van der Waals surface area contributed by atoms with E-state index in [0.29, 0.717) is 12.1 Å². The van der Waals surface area contributed by atoms with Crippen LogP contribution in [0.5, 0.6) is 0 Å². The molecule has 1 aromatic heterocycles. The number of halogens is 1. The number of aromatic amines is 1. The standard InChI is InChI=1S/C23H25BrN4O3/c1-14-20(13-17-16-12-15(24)2-3-18(16)26-22(17)29)25-19-4-5-28(23(30)21(14)19)7-6-27-8-10-31-11-9-27/h2-3,12-13,25H,4-11H2,1H3,(H,26,29). The molecule has 2 aromatic rings. The first-order valence-electron chi connectivity index (χ1n) is 10.6. The van der Waals surface area contributed by atoms with Gasteiger partial charge in [-0.15, -0.1) is 0 Å². The molecular weight excluding hydrogens is 460 g/mol. The van der Waals surface area contributed by atoms with Crippen LogP contribution in [0, 0.1) is 6.92 Å². The van der Waals surface area contributed by atoms with Crippen LogP contribution in [0.25, 0.3) is 11.6 Å². The lowest BCUT2D eigenvalue weighted by Crippen LogP contribution is -2.45. The van der Waals surface area contributed by atoms with Crippen molar-refractivity contribution in [3.63, 3.8) is 0 Å². The smallest absolute Gasteiger partial charge is 0.256 e. The van der Waals surface area contributed by atoms with Crippen LogP contribution in [0.2, 0.25) is 0 Å². The summed E-state index contributed by atoms with van der Waals surface area (Å²) in [7, 11) is 0. The number of nitrogens with zero attached hydrogens (tertiary/aromatic N) is 2. The molecule has 1 saturated heterocycles. The first-order valence-corrected chi connectivity index (χ1v) is 11.4. The molecule has 0 radical (unpaired) electrons. The van der Waals surface area contributed by atoms with Gasteiger partial charge in [0.15, 0.2) is 0 Å². The normalized spacial score (nSPS) is 20.2. The van der Waals surface area contributed by atoms with E-state index in [9.17, 15) is 9.59 Å². The molecule has 1 fully saturated rings. The van der Waals surface area contributed by atoms with Crippen LogP contribution in [0.3, 0.4) is 0 Å². The molecule has 8 heteroatoms. The maximum atomic E-state index is 13.2. The number of aromatic nitrogens is 1. The highest BCUT2D eigenvalue weighted by molar-refractivity contribution is 9.10. The van der Waals surface area contributed by atoms with Crippen LogP contribution in [-0.4, -0.2) is 72.5 Å². The molecule has 0 bridgehead atoms. The van der Waals surface area contributed by atoms with Crippen LogP contribution in [0.1, 0.15) is 32.9 Å². The Bertz CT molecular complexity index is 1080. The number of carbonyl (C=O) groups excluding carboxylic acids is 2. The average Bonchev–Trinajstić information content (AvgIpc) is 3.25. The van der Waals surface area contributed by atoms with Crippen molar-refractivity contribution >= 4 is 45.1 Å². The number of carbonyl (C=O) groups is 2. The molecule has 0 atom stereocenters. The Morgan fingerprint density at radius 1 is 1.16 bits per heavy atom. The van der Waals surface area contributed by atoms with Crippen molar-refractivity contribution in [2.45, 2.75) is 13.3 Å². The third kappa shape index (κ3) is 3.84. The molecule has 2 amide bonds. The summed E-state index contributed by atoms with van der Waals surface area (Å²) in [6.07, 6.45) is 2.66. The number of anilines is 1. The molecule has 0 saturated carbocycles. The van der Waals surface area contributed by atoms with E-state index in [0.717, 1.165) is 84.1 Å². The van der Waals surface area contributed by atoms with E-state index in [4.69, 9.17) is 4.74 Å². The van der Waals surface area contributed by atoms with Crippen molar-refractivity contribution in [2.75, 3.05) is 51.3 Å². The summed E-state index contributed by atoms with van der Waals surface area (Å²) in [6, 6.07) is 5.74. The Morgan fingerprint density at radius 3 is 2.77 bits per heavy atom. The number of benzene rings is 1. The van der Waals surface area contributed by atoms with Crippen LogP contribution in [0.15, 0.2) is 22.7 Å². The van der Waals surface area contributed by atoms with Crippen LogP contribution >= 0.6 is 15.9 Å². The molecule has 0 spiro atoms. The molecule has 0 aliphatic carbocycles. The number of hydrogen-bond donors (Lipinski definition) is 2. The minimum absolute atomic E-state index is 0.0759. The second kappa shape index (κ2) is 8.26. The SMILES string of the molecule is Cc1c(C=C2C(=O)Nc3ccc(Br)cc32)[nH]c2c1C(=O)N(CCN1CCOCC1)CC2. The predicted octanol–water partition coefficient (Wildman–Crippen LogP) is 2.91. The first kappa shape index (κ1) is 20.5. The Labute approximate surface area is 189 Å². The van der Waals surface area contributed by atoms with E-state index in [-0.39, 0.29) is 11.8 Å². The molecule has 1 aromatic carbocycles. The highest BCUT2D eigenvalue weighted by atomic mass is 79.9. The van der Waals surface area contributed by atoms with Crippen LogP contribution in [0.4, 0.5) is 5.69 Å². The van der Waals surface area contributed by atoms with Gasteiger partial charge in [-0.1, -0.05) is 15.9 Å². The zero-order valence-electron chi connectivity index (χ0n) is 17.5. The molecule has 3 aliphatic heterocycles. The lowest BCUT2D eigenvalue weighted by atomic mass is 10.0. The molecule has 162 valence electrons. The maximum Gasteiger partial charge on any atom is 0.256 e. The summed E-state index contributed by atoms with van der Waals surface area (Å²) in [5.41, 5.74) is 5.72. The third-order valence-corrected chi connectivity index (χ3v) is 6.84. The van der Waals surface area contributed by atoms with Crippen molar-refractivity contribution in [3.8, 4) is 0 Å². The van der Waals surface area contributed by atoms with Crippen molar-refractivity contribution < 1.29 is 14.3 Å². The van der Waals surface area contributed by atoms with Crippen molar-refractivity contribution in [2.24, 2.45) is 0 Å². The van der Waals surface area contributed by atoms with Gasteiger partial charge in [-0.25, -0.2) is 0 Å². The number of H-pyrrole nitrogens is 1. The molecular formula is C23H25BrN4O3. The van der Waals surface area contributed by atoms with Gasteiger partial charge in [-0.3, -0.25) is 14.5 Å². The average molecular weight is 485 g/mol. The fraction of sp³-hybridized carbons (Fsp3) is 0.391. The molecule has 0 unspecified atom stereocenters. The minimum Gasteiger partial charge on any atom is -0.379 e. The monoisotopic (exact) mass is 484 g/mol. The van der Waals surface area contributed by atoms with Crippen LogP contribution in [-0.2, 0) is 16.0 Å². The Kier molecular flexibility index (Phi) is 5.45. The van der Waals surface area contributed by atoms with Gasteiger partial charge >= 0.3 is 0 Å². The summed E-state index contributed by atoms with van der Waals surface area (Å²) < 4.78 is 6.32. The van der Waals surface area contributed by atoms with Gasteiger partial charge in [-0.2, -0.15) is 0 Å². The second-order valence-corrected chi connectivity index (χ2v) is 9.13. The van der Waals surface area contributed by atoms with Gasteiger partial charge < -0.3 is 19.9 Å². The van der Waals surface area contributed by atoms with Crippen molar-refractivity contribution in [3.05, 3.63) is 50.8 Å². The Hall–Kier alpha value is -2.42. The van der Waals surface area contributed by atoms with E-state index in [1.165, 1.54) is 0 Å². The number of hydrogen-bond acceptors (Lipinski definition) is 4. The number of fused-ring (bicyclic) bond motifs is 2. The van der Waals surface area contributed by atoms with E-state index in [1.54, 1.807) is 0 Å². The van der Waals surface area contributed by atoms with Gasteiger partial charge in [0.05, 0.1) is 24.4 Å². The minimum atomic E-state index is -0.126. The number of ether oxygens (including phenoxy) is 1. The van der Waals surface area contributed by atoms with Gasteiger partial charge in [0, 0.05) is 66.3 Å². The lowest BCUT2D eigenvalue weighted by molar-refractivity contribution is -0.110. The molecule has 7 nitrogen and oxygen atoms in total. The second-order valence-electron chi connectivity index (χ2n) is 8.22. The van der Waals surface area contributed by atoms with Crippen molar-refractivity contribution in [1.29, 1.82) is 0 Å². The van der Waals surface area contributed by atoms with Gasteiger partial charge in [0.2, 0.25) is 0 Å². The topological polar surface area (TPSA) is 77.7 Å². The fourth-order valence-electron chi connectivity index (χ4n) is 4.56. The fourth-order valence-corrected chi connectivity index (χ4v) is 4.92. The maximum absolute atomic E-state index is 13.2. The molecule has 2 N–H and O–H groups in total. The number of rotatable bonds is 4. The summed E-state index contributed by atoms with van der Waals surface area (Å²) in [6.45, 7) is 7.64. The molecule has 3 aliphatic rings. The van der Waals surface area contributed by atoms with E-state index < -0.39 is 0 Å². The van der Waals surface area contributed by atoms with E-state index in [2.05, 4.69) is 31.1 Å². The number of morpholine rings is 1. The first-order chi connectivity index (χ1) is 15.0. The quantitative estimate of drug-likeness (QED) is 0.654. The zero-order chi connectivity index (χ0) is 21.5. The van der Waals surface area contributed by atoms with Gasteiger partial charge in [-0.05, 0) is 36.8 Å². The Balaban J connectivity index is 1.39. The molecule has 5 rings (SSSR count). The van der Waals surface area contributed by atoms with E-state index >= 15 is 0 Å². The predicted molar refractivity (Wildman–Crippen MR) is 123 cm³/mol. The summed E-state index contributed by atoms with van der Waals surface area (Å²) >= 11 is 3.48. The lowest BCUT2D eigenvalue weighted by Gasteiger charge is -2.32. The summed E-state index contributed by atoms with van der Waals surface area (Å²) in [4.78, 5) is 33.5. The molecule has 4 heterocycles. The van der Waals surface area contributed by atoms with Gasteiger partial charge in [0.25, 0.3) is 11.8 Å². The highest BCUT2D eigenvalue weighted by Crippen LogP contribution is 2.36. The number of nitrogens with one attached hydrogen (secondary N) is 2. The summed E-state index contributed by atoms with van der Waals surface area (Å²) in [5, 5.41) is 2.91. The Morgan fingerprint density at radius 2 is 1.97 bits per heavy atom. The van der Waals surface area contributed by atoms with E-state index in [1.807, 2.05) is 36.1 Å². The van der Waals surface area contributed by atoms with Crippen molar-refractivity contribution in [1.82, 2.24) is 14.8 Å². The zero-order valence-corrected chi connectivity index (χ0v) is 19.0. The summed E-state index contributed by atoms with van der Waals surface area (Å²) in [5.74, 6) is -0.0505. The van der Waals surface area contributed by atoms with Crippen LogP contribution < -0.4 is 5.32 Å². The highest BCUT2D eigenvalue weighted by Gasteiger charge is 2.30. The van der Waals surface area contributed by atoms with Gasteiger partial charge in [0.1, 0.15) is 0 Å². The number of amides is 2. The largest absolute Gasteiger partial charge is 0.379 e. The third-order valence-electron chi connectivity index (χ3n) is 6.34. The molecule has 31 heavy (non-hydrogen) atoms.